The van der Waals surface area contributed by atoms with Gasteiger partial charge in [-0.3, -0.25) is 4.79 Å². The molecule has 4 aromatic heterocycles. The standard InChI is InChI=1S/C23H28FN7O/c1-22(2,3)12-28-21-26-10-16-15(9-25-19(16)30-21)14-6-7-31-18(8-14)17(11-29-31)20(32)27-13-23(4,5)24/h6-11H,12-13H2,1-5H3,(H,27,32)(H2,25,26,28,30). The number of anilines is 1. The van der Waals surface area contributed by atoms with Crippen LogP contribution < -0.4 is 10.6 Å². The average Bonchev–Trinajstić information content (AvgIpc) is 3.32. The van der Waals surface area contributed by atoms with Crippen LogP contribution in [-0.4, -0.2) is 49.2 Å². The maximum absolute atomic E-state index is 13.8. The van der Waals surface area contributed by atoms with Crippen LogP contribution in [0.4, 0.5) is 10.3 Å². The molecule has 0 saturated carbocycles. The van der Waals surface area contributed by atoms with Gasteiger partial charge in [0, 0.05) is 36.1 Å². The third kappa shape index (κ3) is 4.71. The summed E-state index contributed by atoms with van der Waals surface area (Å²) in [7, 11) is 0. The summed E-state index contributed by atoms with van der Waals surface area (Å²) < 4.78 is 15.4. The Kier molecular flexibility index (Phi) is 5.36. The van der Waals surface area contributed by atoms with Crippen LogP contribution in [0.5, 0.6) is 0 Å². The number of amides is 1. The van der Waals surface area contributed by atoms with Gasteiger partial charge < -0.3 is 15.6 Å². The summed E-state index contributed by atoms with van der Waals surface area (Å²) in [4.78, 5) is 24.8. The predicted molar refractivity (Wildman–Crippen MR) is 124 cm³/mol. The molecule has 8 nitrogen and oxygen atoms in total. The van der Waals surface area contributed by atoms with Gasteiger partial charge in [-0.15, -0.1) is 0 Å². The first-order chi connectivity index (χ1) is 15.0. The molecule has 0 saturated heterocycles. The van der Waals surface area contributed by atoms with Crippen molar-refractivity contribution < 1.29 is 9.18 Å². The lowest BCUT2D eigenvalue weighted by molar-refractivity contribution is 0.0922. The third-order valence-corrected chi connectivity index (χ3v) is 4.96. The maximum atomic E-state index is 13.8. The maximum Gasteiger partial charge on any atom is 0.255 e. The fraction of sp³-hybridized carbons (Fsp3) is 0.391. The van der Waals surface area contributed by atoms with Crippen LogP contribution in [-0.2, 0) is 0 Å². The number of carbonyl (C=O) groups excluding carboxylic acids is 1. The Morgan fingerprint density at radius 2 is 1.97 bits per heavy atom. The van der Waals surface area contributed by atoms with E-state index in [-0.39, 0.29) is 17.9 Å². The fourth-order valence-corrected chi connectivity index (χ4v) is 3.28. The highest BCUT2D eigenvalue weighted by Crippen LogP contribution is 2.29. The Labute approximate surface area is 185 Å². The summed E-state index contributed by atoms with van der Waals surface area (Å²) in [5.74, 6) is 0.210. The first-order valence-electron chi connectivity index (χ1n) is 10.5. The number of pyridine rings is 1. The van der Waals surface area contributed by atoms with Gasteiger partial charge in [-0.2, -0.15) is 10.1 Å². The van der Waals surface area contributed by atoms with Gasteiger partial charge in [0.15, 0.2) is 0 Å². The van der Waals surface area contributed by atoms with Crippen LogP contribution in [0.3, 0.4) is 0 Å². The van der Waals surface area contributed by atoms with Crippen molar-refractivity contribution in [1.82, 2.24) is 29.9 Å². The summed E-state index contributed by atoms with van der Waals surface area (Å²) in [5, 5.41) is 11.0. The van der Waals surface area contributed by atoms with Crippen LogP contribution >= 0.6 is 0 Å². The van der Waals surface area contributed by atoms with Crippen molar-refractivity contribution in [1.29, 1.82) is 0 Å². The number of H-pyrrole nitrogens is 1. The monoisotopic (exact) mass is 437 g/mol. The van der Waals surface area contributed by atoms with E-state index in [1.807, 2.05) is 18.3 Å². The van der Waals surface area contributed by atoms with Crippen molar-refractivity contribution in [2.75, 3.05) is 18.4 Å². The van der Waals surface area contributed by atoms with E-state index in [0.717, 1.165) is 28.7 Å². The number of hydrogen-bond acceptors (Lipinski definition) is 5. The van der Waals surface area contributed by atoms with E-state index < -0.39 is 5.67 Å². The van der Waals surface area contributed by atoms with Gasteiger partial charge in [0.2, 0.25) is 5.95 Å². The number of aromatic nitrogens is 5. The van der Waals surface area contributed by atoms with Crippen LogP contribution in [0.25, 0.3) is 27.7 Å². The Balaban J connectivity index is 1.64. The topological polar surface area (TPSA) is 100 Å². The molecule has 0 unspecified atom stereocenters. The molecular weight excluding hydrogens is 409 g/mol. The third-order valence-electron chi connectivity index (χ3n) is 4.96. The van der Waals surface area contributed by atoms with Crippen LogP contribution in [0.15, 0.2) is 36.9 Å². The average molecular weight is 438 g/mol. The number of nitrogens with one attached hydrogen (secondary N) is 3. The summed E-state index contributed by atoms with van der Waals surface area (Å²) in [6, 6.07) is 3.80. The van der Waals surface area contributed by atoms with Gasteiger partial charge >= 0.3 is 0 Å². The number of hydrogen-bond donors (Lipinski definition) is 3. The van der Waals surface area contributed by atoms with Crippen molar-refractivity contribution >= 4 is 28.4 Å². The number of fused-ring (bicyclic) bond motifs is 2. The van der Waals surface area contributed by atoms with Gasteiger partial charge in [-0.05, 0) is 37.0 Å². The lowest BCUT2D eigenvalue weighted by atomic mass is 9.97. The van der Waals surface area contributed by atoms with Crippen molar-refractivity contribution in [3.8, 4) is 11.1 Å². The molecule has 1 amide bonds. The molecule has 0 fully saturated rings. The smallest absolute Gasteiger partial charge is 0.255 e. The molecule has 9 heteroatoms. The van der Waals surface area contributed by atoms with E-state index >= 15 is 0 Å². The minimum atomic E-state index is -1.49. The van der Waals surface area contributed by atoms with Crippen LogP contribution in [0, 0.1) is 5.41 Å². The van der Waals surface area contributed by atoms with E-state index in [4.69, 9.17) is 0 Å². The highest BCUT2D eigenvalue weighted by molar-refractivity contribution is 6.02. The number of aromatic amines is 1. The van der Waals surface area contributed by atoms with Gasteiger partial charge in [-0.25, -0.2) is 13.9 Å². The van der Waals surface area contributed by atoms with E-state index in [2.05, 4.69) is 51.5 Å². The summed E-state index contributed by atoms with van der Waals surface area (Å²) in [5.41, 5.74) is 2.18. The number of nitrogens with zero attached hydrogens (tertiary/aromatic N) is 4. The lowest BCUT2D eigenvalue weighted by Crippen LogP contribution is -2.35. The van der Waals surface area contributed by atoms with Crippen molar-refractivity contribution in [3.05, 3.63) is 42.5 Å². The zero-order valence-electron chi connectivity index (χ0n) is 19.0. The highest BCUT2D eigenvalue weighted by Gasteiger charge is 2.20. The minimum absolute atomic E-state index is 0.0752. The largest absolute Gasteiger partial charge is 0.354 e. The molecule has 4 aromatic rings. The quantitative estimate of drug-likeness (QED) is 0.420. The van der Waals surface area contributed by atoms with Gasteiger partial charge in [0.1, 0.15) is 11.3 Å². The second-order valence-electron chi connectivity index (χ2n) is 9.78. The number of carbonyl (C=O) groups is 1. The zero-order valence-corrected chi connectivity index (χ0v) is 19.0. The van der Waals surface area contributed by atoms with E-state index in [1.165, 1.54) is 20.0 Å². The molecule has 0 aliphatic carbocycles. The normalized spacial score (nSPS) is 12.4. The molecule has 0 atom stereocenters. The molecule has 0 aliphatic heterocycles. The molecule has 32 heavy (non-hydrogen) atoms. The zero-order chi connectivity index (χ0) is 23.1. The number of rotatable bonds is 6. The molecule has 0 bridgehead atoms. The molecule has 0 aliphatic rings. The first-order valence-corrected chi connectivity index (χ1v) is 10.5. The Morgan fingerprint density at radius 3 is 2.69 bits per heavy atom. The van der Waals surface area contributed by atoms with E-state index in [0.29, 0.717) is 17.0 Å². The molecule has 0 spiro atoms. The van der Waals surface area contributed by atoms with Crippen LogP contribution in [0.2, 0.25) is 0 Å². The van der Waals surface area contributed by atoms with Gasteiger partial charge in [0.25, 0.3) is 5.91 Å². The van der Waals surface area contributed by atoms with Gasteiger partial charge in [-0.1, -0.05) is 20.8 Å². The Morgan fingerprint density at radius 1 is 1.19 bits per heavy atom. The first kappa shape index (κ1) is 21.7. The second kappa shape index (κ2) is 7.89. The Hall–Kier alpha value is -3.49. The van der Waals surface area contributed by atoms with E-state index in [1.54, 1.807) is 16.9 Å². The van der Waals surface area contributed by atoms with Gasteiger partial charge in [0.05, 0.1) is 23.8 Å². The molecule has 168 valence electrons. The van der Waals surface area contributed by atoms with Crippen molar-refractivity contribution in [2.45, 2.75) is 40.3 Å². The molecular formula is C23H28FN7O. The summed E-state index contributed by atoms with van der Waals surface area (Å²) in [6.45, 7) is 9.96. The fourth-order valence-electron chi connectivity index (χ4n) is 3.28. The molecule has 4 heterocycles. The Bertz CT molecular complexity index is 1280. The van der Waals surface area contributed by atoms with Crippen LogP contribution in [0.1, 0.15) is 45.0 Å². The van der Waals surface area contributed by atoms with Crippen molar-refractivity contribution in [3.63, 3.8) is 0 Å². The lowest BCUT2D eigenvalue weighted by Gasteiger charge is -2.18. The number of halogens is 1. The summed E-state index contributed by atoms with van der Waals surface area (Å²) in [6.07, 6.45) is 6.95. The molecule has 3 N–H and O–H groups in total. The second-order valence-corrected chi connectivity index (χ2v) is 9.78. The summed E-state index contributed by atoms with van der Waals surface area (Å²) >= 11 is 0. The SMILES string of the molecule is CC(C)(C)CNc1ncc2c(-c3ccn4ncc(C(=O)NCC(C)(C)F)c4c3)c[nH]c2n1. The molecule has 4 rings (SSSR count). The van der Waals surface area contributed by atoms with Crippen molar-refractivity contribution in [2.24, 2.45) is 5.41 Å². The number of alkyl halides is 1. The molecule has 0 radical (unpaired) electrons. The highest BCUT2D eigenvalue weighted by atomic mass is 19.1. The predicted octanol–water partition coefficient (Wildman–Crippen LogP) is 4.21. The minimum Gasteiger partial charge on any atom is -0.354 e. The van der Waals surface area contributed by atoms with E-state index in [9.17, 15) is 9.18 Å². The molecule has 0 aromatic carbocycles.